The second kappa shape index (κ2) is 5.38. The number of nitrogens with zero attached hydrogens (tertiary/aromatic N) is 1. The van der Waals surface area contributed by atoms with Crippen molar-refractivity contribution >= 4 is 29.0 Å². The van der Waals surface area contributed by atoms with Crippen LogP contribution in [0.3, 0.4) is 0 Å². The summed E-state index contributed by atoms with van der Waals surface area (Å²) in [5.41, 5.74) is -2.63. The molecule has 2 heterocycles. The van der Waals surface area contributed by atoms with Gasteiger partial charge < -0.3 is 10.0 Å². The van der Waals surface area contributed by atoms with E-state index in [1.165, 1.54) is 18.4 Å². The number of thiophene rings is 1. The fourth-order valence-electron chi connectivity index (χ4n) is 2.30. The minimum atomic E-state index is -4.94. The number of hydrogen-bond acceptors (Lipinski definition) is 4. The number of aliphatic carboxylic acids is 1. The van der Waals surface area contributed by atoms with E-state index in [2.05, 4.69) is 0 Å². The summed E-state index contributed by atoms with van der Waals surface area (Å²) in [6.07, 6.45) is -5.61. The summed E-state index contributed by atoms with van der Waals surface area (Å²) in [5.74, 6) is -2.93. The second-order valence-corrected chi connectivity index (χ2v) is 6.03. The topological polar surface area (TPSA) is 74.7 Å². The normalized spacial score (nSPS) is 21.9. The van der Waals surface area contributed by atoms with Crippen molar-refractivity contribution in [3.63, 3.8) is 0 Å². The van der Waals surface area contributed by atoms with Gasteiger partial charge in [0.2, 0.25) is 0 Å². The van der Waals surface area contributed by atoms with Gasteiger partial charge >= 0.3 is 12.1 Å². The molecular weight excluding hydrogens is 323 g/mol. The lowest BCUT2D eigenvalue weighted by atomic mass is 9.86. The Morgan fingerprint density at radius 2 is 2.00 bits per heavy atom. The molecule has 22 heavy (non-hydrogen) atoms. The first-order chi connectivity index (χ1) is 10.1. The van der Waals surface area contributed by atoms with Gasteiger partial charge in [0.25, 0.3) is 5.91 Å². The van der Waals surface area contributed by atoms with Crippen molar-refractivity contribution in [1.29, 1.82) is 0 Å². The van der Waals surface area contributed by atoms with Crippen LogP contribution in [-0.2, 0) is 4.79 Å². The molecule has 1 aliphatic heterocycles. The van der Waals surface area contributed by atoms with E-state index in [0.717, 1.165) is 16.2 Å². The summed E-state index contributed by atoms with van der Waals surface area (Å²) in [6, 6.07) is 1.31. The third kappa shape index (κ3) is 2.60. The van der Waals surface area contributed by atoms with Gasteiger partial charge in [-0.1, -0.05) is 0 Å². The first-order valence-electron chi connectivity index (χ1n) is 6.27. The molecule has 9 heteroatoms. The predicted molar refractivity (Wildman–Crippen MR) is 71.0 cm³/mol. The first kappa shape index (κ1) is 16.5. The summed E-state index contributed by atoms with van der Waals surface area (Å²) in [6.45, 7) is 0.0984. The minimum absolute atomic E-state index is 0.119. The van der Waals surface area contributed by atoms with Gasteiger partial charge in [0, 0.05) is 24.0 Å². The fraction of sp³-hybridized carbons (Fsp3) is 0.462. The molecule has 0 saturated carbocycles. The van der Waals surface area contributed by atoms with Crippen LogP contribution >= 0.6 is 11.3 Å². The van der Waals surface area contributed by atoms with Gasteiger partial charge in [-0.05, 0) is 19.4 Å². The van der Waals surface area contributed by atoms with Crippen LogP contribution in [0.2, 0.25) is 0 Å². The van der Waals surface area contributed by atoms with E-state index < -0.39 is 36.4 Å². The highest BCUT2D eigenvalue weighted by Crippen LogP contribution is 2.46. The predicted octanol–water partition coefficient (Wildman–Crippen LogP) is 2.43. The molecule has 0 aliphatic carbocycles. The Labute approximate surface area is 127 Å². The lowest BCUT2D eigenvalue weighted by Gasteiger charge is -2.27. The number of rotatable bonds is 3. The average Bonchev–Trinajstić information content (AvgIpc) is 3.05. The molecule has 1 unspecified atom stereocenters. The Kier molecular flexibility index (Phi) is 4.03. The number of ketones is 1. The molecule has 1 aromatic heterocycles. The van der Waals surface area contributed by atoms with Gasteiger partial charge in [0.1, 0.15) is 0 Å². The quantitative estimate of drug-likeness (QED) is 0.861. The lowest BCUT2D eigenvalue weighted by molar-refractivity contribution is -0.227. The summed E-state index contributed by atoms with van der Waals surface area (Å²) >= 11 is 0.948. The van der Waals surface area contributed by atoms with Gasteiger partial charge in [-0.25, -0.2) is 0 Å². The van der Waals surface area contributed by atoms with Crippen molar-refractivity contribution in [2.24, 2.45) is 5.41 Å². The van der Waals surface area contributed by atoms with Gasteiger partial charge in [0.15, 0.2) is 11.2 Å². The monoisotopic (exact) mass is 335 g/mol. The highest BCUT2D eigenvalue weighted by molar-refractivity contribution is 7.12. The first-order valence-corrected chi connectivity index (χ1v) is 7.15. The Hall–Kier alpha value is -1.90. The fourth-order valence-corrected chi connectivity index (χ4v) is 3.21. The van der Waals surface area contributed by atoms with Crippen molar-refractivity contribution in [3.8, 4) is 0 Å². The van der Waals surface area contributed by atoms with E-state index >= 15 is 0 Å². The van der Waals surface area contributed by atoms with E-state index in [9.17, 15) is 27.6 Å². The van der Waals surface area contributed by atoms with Crippen LogP contribution < -0.4 is 0 Å². The van der Waals surface area contributed by atoms with Crippen molar-refractivity contribution in [3.05, 3.63) is 21.9 Å². The summed E-state index contributed by atoms with van der Waals surface area (Å²) in [4.78, 5) is 35.4. The number of Topliss-reactive ketones (excluding diaryl/α,β-unsaturated/α-hetero) is 1. The lowest BCUT2D eigenvalue weighted by Crippen LogP contribution is -2.47. The van der Waals surface area contributed by atoms with Crippen LogP contribution in [0, 0.1) is 5.41 Å². The number of carbonyl (C=O) groups is 3. The van der Waals surface area contributed by atoms with Crippen LogP contribution in [0.25, 0.3) is 0 Å². The minimum Gasteiger partial charge on any atom is -0.481 e. The number of halogens is 3. The number of amides is 1. The van der Waals surface area contributed by atoms with E-state index in [1.54, 1.807) is 0 Å². The number of likely N-dealkylation sites (tertiary alicyclic amines) is 1. The van der Waals surface area contributed by atoms with E-state index in [-0.39, 0.29) is 17.2 Å². The number of carboxylic acid groups (broad SMARTS) is 1. The average molecular weight is 335 g/mol. The van der Waals surface area contributed by atoms with Crippen LogP contribution in [0.1, 0.15) is 33.4 Å². The maximum Gasteiger partial charge on any atom is 0.406 e. The van der Waals surface area contributed by atoms with Crippen molar-refractivity contribution in [1.82, 2.24) is 4.90 Å². The van der Waals surface area contributed by atoms with Crippen molar-refractivity contribution < 1.29 is 32.7 Å². The smallest absolute Gasteiger partial charge is 0.406 e. The van der Waals surface area contributed by atoms with Crippen molar-refractivity contribution in [2.45, 2.75) is 19.5 Å². The summed E-state index contributed by atoms with van der Waals surface area (Å²) in [5, 5.41) is 10.4. The third-order valence-electron chi connectivity index (χ3n) is 3.73. The Morgan fingerprint density at radius 3 is 2.41 bits per heavy atom. The molecule has 1 aliphatic rings. The van der Waals surface area contributed by atoms with Crippen LogP contribution in [0.5, 0.6) is 0 Å². The molecule has 0 bridgehead atoms. The molecule has 2 rings (SSSR count). The molecule has 1 atom stereocenters. The second-order valence-electron chi connectivity index (χ2n) is 5.12. The molecule has 1 amide bonds. The summed E-state index contributed by atoms with van der Waals surface area (Å²) in [7, 11) is 0. The van der Waals surface area contributed by atoms with Gasteiger partial charge in [0.05, 0.1) is 4.88 Å². The molecular formula is C13H12F3NO4S. The molecule has 1 N–H and O–H groups in total. The Morgan fingerprint density at radius 1 is 1.36 bits per heavy atom. The molecule has 0 aromatic carbocycles. The number of alkyl halides is 3. The Bertz CT molecular complexity index is 639. The molecule has 0 radical (unpaired) electrons. The summed E-state index contributed by atoms with van der Waals surface area (Å²) < 4.78 is 39.2. The molecule has 0 spiro atoms. The number of hydrogen-bond donors (Lipinski definition) is 1. The third-order valence-corrected chi connectivity index (χ3v) is 4.64. The molecule has 1 aromatic rings. The van der Waals surface area contributed by atoms with E-state index in [4.69, 9.17) is 5.11 Å². The van der Waals surface area contributed by atoms with E-state index in [1.807, 2.05) is 0 Å². The standard InChI is InChI=1S/C13H12F3NO4S/c1-7(18)8-4-9(22-5-8)10(19)17-3-2-12(6-17,11(20)21)13(14,15)16/h4-5H,2-3,6H2,1H3,(H,20,21). The largest absolute Gasteiger partial charge is 0.481 e. The zero-order valence-corrected chi connectivity index (χ0v) is 12.3. The zero-order chi connectivity index (χ0) is 16.7. The molecule has 5 nitrogen and oxygen atoms in total. The van der Waals surface area contributed by atoms with Crippen LogP contribution in [-0.4, -0.2) is 46.9 Å². The maximum atomic E-state index is 13.1. The highest BCUT2D eigenvalue weighted by Gasteiger charge is 2.64. The number of carboxylic acids is 1. The van der Waals surface area contributed by atoms with Crippen molar-refractivity contribution in [2.75, 3.05) is 13.1 Å². The van der Waals surface area contributed by atoms with Gasteiger partial charge in [-0.15, -0.1) is 11.3 Å². The van der Waals surface area contributed by atoms with Crippen LogP contribution in [0.15, 0.2) is 11.4 Å². The number of carbonyl (C=O) groups excluding carboxylic acids is 2. The van der Waals surface area contributed by atoms with E-state index in [0.29, 0.717) is 5.56 Å². The SMILES string of the molecule is CC(=O)c1csc(C(=O)N2CCC(C(=O)O)(C(F)(F)F)C2)c1. The van der Waals surface area contributed by atoms with Crippen LogP contribution in [0.4, 0.5) is 13.2 Å². The maximum absolute atomic E-state index is 13.1. The van der Waals surface area contributed by atoms with Gasteiger partial charge in [-0.2, -0.15) is 13.2 Å². The molecule has 1 fully saturated rings. The molecule has 120 valence electrons. The van der Waals surface area contributed by atoms with Gasteiger partial charge in [-0.3, -0.25) is 14.4 Å². The molecule has 1 saturated heterocycles. The highest BCUT2D eigenvalue weighted by atomic mass is 32.1. The Balaban J connectivity index is 2.23. The zero-order valence-electron chi connectivity index (χ0n) is 11.4.